The van der Waals surface area contributed by atoms with Gasteiger partial charge in [0.25, 0.3) is 0 Å². The van der Waals surface area contributed by atoms with Crippen molar-refractivity contribution in [2.24, 2.45) is 5.73 Å². The Morgan fingerprint density at radius 1 is 2.00 bits per heavy atom. The molecule has 0 aromatic rings. The van der Waals surface area contributed by atoms with Crippen LogP contribution in [0.2, 0.25) is 0 Å². The van der Waals surface area contributed by atoms with E-state index < -0.39 is 0 Å². The Hall–Kier alpha value is 1.36. The molecule has 0 radical (unpaired) electrons. The Kier molecular flexibility index (Phi) is 3.47. The molecule has 0 aliphatic heterocycles. The summed E-state index contributed by atoms with van der Waals surface area (Å²) in [7, 11) is 0. The molecule has 0 aliphatic carbocycles. The van der Waals surface area contributed by atoms with Crippen molar-refractivity contribution in [1.29, 1.82) is 0 Å². The molecule has 0 saturated carbocycles. The van der Waals surface area contributed by atoms with Gasteiger partial charge in [-0.3, -0.25) is 0 Å². The van der Waals surface area contributed by atoms with E-state index in [1.807, 2.05) is 0 Å². The average Bonchev–Trinajstić information content (AvgIpc) is 0.811. The van der Waals surface area contributed by atoms with Gasteiger partial charge in [0.2, 0.25) is 0 Å². The molecule has 1 nitrogen and oxygen atoms in total. The molecule has 2 N–H and O–H groups in total. The zero-order chi connectivity index (χ0) is 3.58. The molecule has 0 aromatic carbocycles. The quantitative estimate of drug-likeness (QED) is 0.609. The van der Waals surface area contributed by atoms with Crippen LogP contribution in [0.5, 0.6) is 0 Å². The van der Waals surface area contributed by atoms with Crippen molar-refractivity contribution in [2.75, 3.05) is 0 Å². The molecule has 0 amide bonds. The second kappa shape index (κ2) is 2.59. The van der Waals surface area contributed by atoms with E-state index >= 15 is 0 Å². The molecule has 0 fully saturated rings. The molecular weight excluding hydrogens is 284 g/mol. The third kappa shape index (κ3) is 10.1. The normalized spacial score (nSPS) is 5.75. The van der Waals surface area contributed by atoms with Crippen LogP contribution in [-0.4, -0.2) is 0.0294 Å². The molecular formula is CH3NRaS. The summed E-state index contributed by atoms with van der Waals surface area (Å²) in [5.41, 5.74) is 4.94. The van der Waals surface area contributed by atoms with E-state index in [0.29, 0.717) is 42.8 Å². The van der Waals surface area contributed by atoms with E-state index in [0.717, 1.165) is 0.0294 Å². The van der Waals surface area contributed by atoms with E-state index in [-0.39, 0.29) is 0 Å². The first kappa shape index (κ1) is 5.36. The van der Waals surface area contributed by atoms with Gasteiger partial charge in [-0.05, 0) is 0 Å². The molecule has 0 saturated heterocycles. The van der Waals surface area contributed by atoms with Crippen molar-refractivity contribution >= 4 is 12.2 Å². The summed E-state index contributed by atoms with van der Waals surface area (Å²) in [4.78, 5) is 0. The number of hydrogen-bond donors (Lipinski definition) is 1. The van der Waals surface area contributed by atoms with Gasteiger partial charge in [-0.15, -0.1) is 0 Å². The SMILES string of the molecule is N[C](=S)[RaH]. The van der Waals surface area contributed by atoms with Crippen LogP contribution in [0.3, 0.4) is 0 Å². The van der Waals surface area contributed by atoms with E-state index in [4.69, 9.17) is 5.73 Å². The second-order valence-corrected chi connectivity index (χ2v) is 8.66. The van der Waals surface area contributed by atoms with E-state index in [1.54, 1.807) is 0 Å². The summed E-state index contributed by atoms with van der Waals surface area (Å²) in [6.07, 6.45) is 0. The first-order valence-electron chi connectivity index (χ1n) is 0.993. The van der Waals surface area contributed by atoms with Gasteiger partial charge in [-0.25, -0.2) is 0 Å². The number of hydrogen-bond acceptors (Lipinski definition) is 1. The van der Waals surface area contributed by atoms with Gasteiger partial charge in [-0.2, -0.15) is 0 Å². The first-order chi connectivity index (χ1) is 1.73. The number of nitrogens with two attached hydrogens (primary N) is 1. The van der Waals surface area contributed by atoms with Crippen molar-refractivity contribution in [3.8, 4) is 0 Å². The van der Waals surface area contributed by atoms with Crippen LogP contribution < -0.4 is 5.73 Å². The van der Waals surface area contributed by atoms with Crippen molar-refractivity contribution in [3.63, 3.8) is 0 Å². The maximum atomic E-state index is 4.94. The fourth-order valence-corrected chi connectivity index (χ4v) is 0. The zero-order valence-corrected chi connectivity index (χ0v) is 11.5. The molecule has 0 atom stereocenters. The van der Waals surface area contributed by atoms with Crippen LogP contribution in [0.1, 0.15) is 0 Å². The van der Waals surface area contributed by atoms with Crippen molar-refractivity contribution in [2.45, 2.75) is 0 Å². The Labute approximate surface area is 59.7 Å². The Bertz CT molecular complexity index is 31.0. The van der Waals surface area contributed by atoms with Gasteiger partial charge >= 0.3 is 60.8 Å². The molecule has 3 heteroatoms. The number of rotatable bonds is 0. The van der Waals surface area contributed by atoms with Crippen LogP contribution >= 0.6 is 12.2 Å². The minimum absolute atomic E-state index is 0.324. The summed E-state index contributed by atoms with van der Waals surface area (Å²) >= 11 is 4.74. The molecule has 0 unspecified atom stereocenters. The summed E-state index contributed by atoms with van der Waals surface area (Å²) in [5.74, 6) is 0. The molecule has 20 valence electrons. The van der Waals surface area contributed by atoms with Crippen molar-refractivity contribution < 1.29 is 42.8 Å². The van der Waals surface area contributed by atoms with Gasteiger partial charge in [0.1, 0.15) is 0 Å². The summed E-state index contributed by atoms with van der Waals surface area (Å²) in [6.45, 7) is 0. The first-order valence-corrected chi connectivity index (χ1v) is 5.51. The summed E-state index contributed by atoms with van der Waals surface area (Å²) in [6, 6.07) is 0. The molecule has 0 bridgehead atoms. The van der Waals surface area contributed by atoms with E-state index in [1.165, 1.54) is 0 Å². The van der Waals surface area contributed by atoms with Gasteiger partial charge < -0.3 is 0 Å². The van der Waals surface area contributed by atoms with Crippen LogP contribution in [0.4, 0.5) is 0 Å². The fourth-order valence-electron chi connectivity index (χ4n) is 0. The molecule has 0 aromatic heterocycles. The summed E-state index contributed by atoms with van der Waals surface area (Å²) < 4.78 is 0.730. The Balaban J connectivity index is 2.80. The van der Waals surface area contributed by atoms with Crippen molar-refractivity contribution in [3.05, 3.63) is 0 Å². The summed E-state index contributed by atoms with van der Waals surface area (Å²) in [5, 5.41) is 0. The molecule has 0 spiro atoms. The van der Waals surface area contributed by atoms with Crippen LogP contribution in [0.15, 0.2) is 0 Å². The monoisotopic (exact) mass is 287 g/mol. The fraction of sp³-hybridized carbons (Fsp3) is 0. The molecule has 4 heavy (non-hydrogen) atoms. The van der Waals surface area contributed by atoms with Crippen LogP contribution in [0, 0.1) is 42.8 Å². The zero-order valence-electron chi connectivity index (χ0n) is 2.49. The topological polar surface area (TPSA) is 26.0 Å². The Morgan fingerprint density at radius 2 is 2.00 bits per heavy atom. The predicted octanol–water partition coefficient (Wildman–Crippen LogP) is -0.488. The van der Waals surface area contributed by atoms with Gasteiger partial charge in [0.05, 0.1) is 0 Å². The minimum atomic E-state index is 0.324. The molecule has 0 heterocycles. The Morgan fingerprint density at radius 3 is 2.00 bits per heavy atom. The third-order valence-corrected chi connectivity index (χ3v) is 0. The van der Waals surface area contributed by atoms with Gasteiger partial charge in [0, 0.05) is 0 Å². The molecule has 0 aliphatic rings. The molecule has 0 rings (SSSR count). The van der Waals surface area contributed by atoms with Crippen LogP contribution in [-0.2, 0) is 0 Å². The predicted molar refractivity (Wildman–Crippen MR) is 18.2 cm³/mol. The third-order valence-electron chi connectivity index (χ3n) is 0. The van der Waals surface area contributed by atoms with E-state index in [9.17, 15) is 0 Å². The van der Waals surface area contributed by atoms with Crippen molar-refractivity contribution in [1.82, 2.24) is 0 Å². The van der Waals surface area contributed by atoms with Gasteiger partial charge in [-0.1, -0.05) is 0 Å². The standard InChI is InChI=1S/CH2NS.Ra.H/c2-1-3;;/h(H2,2,3);;. The van der Waals surface area contributed by atoms with Gasteiger partial charge in [0.15, 0.2) is 0 Å². The second-order valence-electron chi connectivity index (χ2n) is 0.611. The average molecular weight is 287 g/mol. The maximum absolute atomic E-state index is 4.94. The van der Waals surface area contributed by atoms with Crippen LogP contribution in [0.25, 0.3) is 0 Å². The number of thiocarbonyl (C=S) groups is 1. The van der Waals surface area contributed by atoms with E-state index in [2.05, 4.69) is 12.2 Å².